The second-order valence-corrected chi connectivity index (χ2v) is 3.48. The van der Waals surface area contributed by atoms with Crippen LogP contribution in [-0.4, -0.2) is 23.2 Å². The molecule has 0 aromatic heterocycles. The fourth-order valence-corrected chi connectivity index (χ4v) is 2.00. The Hall–Kier alpha value is -0.570. The van der Waals surface area contributed by atoms with Crippen LogP contribution in [0.5, 0.6) is 0 Å². The van der Waals surface area contributed by atoms with E-state index in [2.05, 4.69) is 19.2 Å². The van der Waals surface area contributed by atoms with Gasteiger partial charge in [0.1, 0.15) is 6.04 Å². The first-order valence-corrected chi connectivity index (χ1v) is 4.67. The molecule has 0 bridgehead atoms. The van der Waals surface area contributed by atoms with E-state index in [-0.39, 0.29) is 6.04 Å². The van der Waals surface area contributed by atoms with Crippen LogP contribution in [0.1, 0.15) is 33.1 Å². The molecular formula is C9H17NO2. The van der Waals surface area contributed by atoms with Gasteiger partial charge in [0, 0.05) is 6.04 Å². The first-order chi connectivity index (χ1) is 5.69. The van der Waals surface area contributed by atoms with Crippen molar-refractivity contribution in [2.75, 3.05) is 0 Å². The normalized spacial score (nSPS) is 35.3. The highest BCUT2D eigenvalue weighted by molar-refractivity contribution is 5.74. The van der Waals surface area contributed by atoms with E-state index >= 15 is 0 Å². The summed E-state index contributed by atoms with van der Waals surface area (Å²) < 4.78 is 0. The maximum Gasteiger partial charge on any atom is 0.320 e. The summed E-state index contributed by atoms with van der Waals surface area (Å²) in [5, 5.41) is 11.9. The smallest absolute Gasteiger partial charge is 0.320 e. The van der Waals surface area contributed by atoms with Gasteiger partial charge in [-0.1, -0.05) is 20.3 Å². The number of aliphatic carboxylic acids is 1. The highest BCUT2D eigenvalue weighted by Gasteiger charge is 2.34. The van der Waals surface area contributed by atoms with E-state index in [1.165, 1.54) is 0 Å². The molecule has 3 atom stereocenters. The van der Waals surface area contributed by atoms with E-state index in [1.54, 1.807) is 0 Å². The number of carbonyl (C=O) groups is 1. The van der Waals surface area contributed by atoms with Gasteiger partial charge in [-0.2, -0.15) is 0 Å². The van der Waals surface area contributed by atoms with E-state index < -0.39 is 5.97 Å². The van der Waals surface area contributed by atoms with Crippen LogP contribution in [0.2, 0.25) is 0 Å². The third-order valence-corrected chi connectivity index (χ3v) is 2.79. The predicted octanol–water partition coefficient (Wildman–Crippen LogP) is 1.24. The minimum absolute atomic E-state index is 0.306. The Bertz CT molecular complexity index is 158. The lowest BCUT2D eigenvalue weighted by atomic mass is 9.95. The molecule has 1 fully saturated rings. The third kappa shape index (κ3) is 1.78. The summed E-state index contributed by atoms with van der Waals surface area (Å²) in [6, 6.07) is 0.107. The minimum atomic E-state index is -0.704. The molecule has 3 nitrogen and oxygen atoms in total. The summed E-state index contributed by atoms with van der Waals surface area (Å²) in [5.41, 5.74) is 0. The number of nitrogens with one attached hydrogen (secondary N) is 1. The fraction of sp³-hybridized carbons (Fsp3) is 0.889. The van der Waals surface area contributed by atoms with Crippen LogP contribution in [-0.2, 0) is 4.79 Å². The van der Waals surface area contributed by atoms with E-state index in [1.807, 2.05) is 0 Å². The van der Waals surface area contributed by atoms with E-state index in [9.17, 15) is 4.79 Å². The molecule has 0 spiro atoms. The summed E-state index contributed by atoms with van der Waals surface area (Å²) in [4.78, 5) is 10.7. The van der Waals surface area contributed by atoms with Crippen molar-refractivity contribution in [3.63, 3.8) is 0 Å². The van der Waals surface area contributed by atoms with Crippen molar-refractivity contribution in [2.24, 2.45) is 5.92 Å². The predicted molar refractivity (Wildman–Crippen MR) is 47.0 cm³/mol. The lowest BCUT2D eigenvalue weighted by molar-refractivity contribution is -0.139. The lowest BCUT2D eigenvalue weighted by Crippen LogP contribution is -2.35. The average molecular weight is 171 g/mol. The molecule has 1 aliphatic rings. The molecule has 0 aromatic carbocycles. The molecule has 1 saturated heterocycles. The fourth-order valence-electron chi connectivity index (χ4n) is 2.00. The maximum absolute atomic E-state index is 10.7. The van der Waals surface area contributed by atoms with Gasteiger partial charge < -0.3 is 10.4 Å². The van der Waals surface area contributed by atoms with Crippen molar-refractivity contribution in [3.8, 4) is 0 Å². The molecule has 0 radical (unpaired) electrons. The largest absolute Gasteiger partial charge is 0.480 e. The number of rotatable bonds is 3. The van der Waals surface area contributed by atoms with Crippen LogP contribution in [0.25, 0.3) is 0 Å². The van der Waals surface area contributed by atoms with Crippen molar-refractivity contribution >= 4 is 5.97 Å². The minimum Gasteiger partial charge on any atom is -0.480 e. The first kappa shape index (κ1) is 9.52. The van der Waals surface area contributed by atoms with Crippen molar-refractivity contribution in [2.45, 2.75) is 45.2 Å². The Morgan fingerprint density at radius 3 is 2.50 bits per heavy atom. The van der Waals surface area contributed by atoms with Crippen molar-refractivity contribution < 1.29 is 9.90 Å². The van der Waals surface area contributed by atoms with Gasteiger partial charge in [-0.15, -0.1) is 0 Å². The molecule has 1 rings (SSSR count). The van der Waals surface area contributed by atoms with Crippen LogP contribution >= 0.6 is 0 Å². The Morgan fingerprint density at radius 2 is 2.17 bits per heavy atom. The van der Waals surface area contributed by atoms with E-state index in [4.69, 9.17) is 5.11 Å². The van der Waals surface area contributed by atoms with Gasteiger partial charge in [-0.25, -0.2) is 0 Å². The van der Waals surface area contributed by atoms with Crippen molar-refractivity contribution in [1.82, 2.24) is 5.32 Å². The second-order valence-electron chi connectivity index (χ2n) is 3.48. The SMILES string of the molecule is CC[C@H]1C[C@H](C(=O)O)N[C@H]1CC. The molecule has 0 unspecified atom stereocenters. The number of hydrogen-bond acceptors (Lipinski definition) is 2. The first-order valence-electron chi connectivity index (χ1n) is 4.67. The van der Waals surface area contributed by atoms with E-state index in [0.29, 0.717) is 12.0 Å². The van der Waals surface area contributed by atoms with Gasteiger partial charge in [0.25, 0.3) is 0 Å². The van der Waals surface area contributed by atoms with Crippen LogP contribution in [0.4, 0.5) is 0 Å². The monoisotopic (exact) mass is 171 g/mol. The van der Waals surface area contributed by atoms with Gasteiger partial charge in [-0.05, 0) is 18.8 Å². The van der Waals surface area contributed by atoms with E-state index in [0.717, 1.165) is 19.3 Å². The molecule has 1 heterocycles. The highest BCUT2D eigenvalue weighted by atomic mass is 16.4. The standard InChI is InChI=1S/C9H17NO2/c1-3-6-5-8(9(11)12)10-7(6)4-2/h6-8,10H,3-5H2,1-2H3,(H,11,12)/t6-,7-,8+/m0/s1. The zero-order valence-corrected chi connectivity index (χ0v) is 7.71. The number of carboxylic acids is 1. The third-order valence-electron chi connectivity index (χ3n) is 2.79. The molecule has 3 heteroatoms. The van der Waals surface area contributed by atoms with Crippen molar-refractivity contribution in [3.05, 3.63) is 0 Å². The zero-order chi connectivity index (χ0) is 9.14. The molecule has 0 aliphatic carbocycles. The van der Waals surface area contributed by atoms with Crippen LogP contribution in [0, 0.1) is 5.92 Å². The molecule has 70 valence electrons. The van der Waals surface area contributed by atoms with Crippen LogP contribution in [0.15, 0.2) is 0 Å². The average Bonchev–Trinajstić information content (AvgIpc) is 2.46. The second kappa shape index (κ2) is 3.90. The number of carboxylic acid groups (broad SMARTS) is 1. The van der Waals surface area contributed by atoms with Gasteiger partial charge in [-0.3, -0.25) is 4.79 Å². The van der Waals surface area contributed by atoms with Crippen molar-refractivity contribution in [1.29, 1.82) is 0 Å². The van der Waals surface area contributed by atoms with Crippen LogP contribution in [0.3, 0.4) is 0 Å². The van der Waals surface area contributed by atoms with Gasteiger partial charge in [0.2, 0.25) is 0 Å². The molecule has 12 heavy (non-hydrogen) atoms. The van der Waals surface area contributed by atoms with Crippen LogP contribution < -0.4 is 5.32 Å². The Kier molecular flexibility index (Phi) is 3.09. The molecule has 0 saturated carbocycles. The molecule has 0 amide bonds. The lowest BCUT2D eigenvalue weighted by Gasteiger charge is -2.14. The Morgan fingerprint density at radius 1 is 1.50 bits per heavy atom. The Labute approximate surface area is 73.2 Å². The topological polar surface area (TPSA) is 49.3 Å². The quantitative estimate of drug-likeness (QED) is 0.671. The summed E-state index contributed by atoms with van der Waals surface area (Å²) in [5.74, 6) is -0.152. The van der Waals surface area contributed by atoms with Gasteiger partial charge in [0.05, 0.1) is 0 Å². The van der Waals surface area contributed by atoms with Gasteiger partial charge in [0.15, 0.2) is 0 Å². The highest BCUT2D eigenvalue weighted by Crippen LogP contribution is 2.25. The molecule has 0 aromatic rings. The summed E-state index contributed by atoms with van der Waals surface area (Å²) in [7, 11) is 0. The summed E-state index contributed by atoms with van der Waals surface area (Å²) in [6.07, 6.45) is 2.90. The summed E-state index contributed by atoms with van der Waals surface area (Å²) in [6.45, 7) is 4.23. The maximum atomic E-state index is 10.7. The van der Waals surface area contributed by atoms with Gasteiger partial charge >= 0.3 is 5.97 Å². The molecule has 1 aliphatic heterocycles. The molecule has 2 N–H and O–H groups in total. The number of hydrogen-bond donors (Lipinski definition) is 2. The zero-order valence-electron chi connectivity index (χ0n) is 7.71. The summed E-state index contributed by atoms with van der Waals surface area (Å²) >= 11 is 0. The Balaban J connectivity index is 2.53. The molecular weight excluding hydrogens is 154 g/mol.